The number of rotatable bonds is 5. The zero-order valence-corrected chi connectivity index (χ0v) is 12.5. The molecule has 1 amide bonds. The number of nitrogens with two attached hydrogens (primary N) is 1. The minimum atomic E-state index is 0.0699. The van der Waals surface area contributed by atoms with Crippen molar-refractivity contribution < 1.29 is 4.79 Å². The van der Waals surface area contributed by atoms with Crippen molar-refractivity contribution in [2.24, 2.45) is 0 Å². The van der Waals surface area contributed by atoms with Crippen molar-refractivity contribution in [3.8, 4) is 0 Å². The molecule has 1 atom stereocenters. The topological polar surface area (TPSA) is 58.4 Å². The van der Waals surface area contributed by atoms with Gasteiger partial charge in [-0.2, -0.15) is 0 Å². The average molecular weight is 275 g/mol. The molecule has 1 aromatic carbocycles. The first-order chi connectivity index (χ1) is 9.61. The summed E-state index contributed by atoms with van der Waals surface area (Å²) in [6.07, 6.45) is 4.25. The zero-order chi connectivity index (χ0) is 14.5. The molecule has 1 aliphatic heterocycles. The van der Waals surface area contributed by atoms with E-state index >= 15 is 0 Å². The van der Waals surface area contributed by atoms with E-state index in [0.717, 1.165) is 24.3 Å². The third-order valence-electron chi connectivity index (χ3n) is 4.25. The first kappa shape index (κ1) is 14.9. The fraction of sp³-hybridized carbons (Fsp3) is 0.562. The predicted molar refractivity (Wildman–Crippen MR) is 83.7 cm³/mol. The van der Waals surface area contributed by atoms with Crippen molar-refractivity contribution in [2.75, 3.05) is 24.1 Å². The van der Waals surface area contributed by atoms with Gasteiger partial charge in [0.15, 0.2) is 0 Å². The summed E-state index contributed by atoms with van der Waals surface area (Å²) in [5.41, 5.74) is 8.32. The number of carbonyl (C=O) groups excluding carboxylic acids is 1. The fourth-order valence-corrected chi connectivity index (χ4v) is 2.90. The Morgan fingerprint density at radius 2 is 2.30 bits per heavy atom. The van der Waals surface area contributed by atoms with Gasteiger partial charge in [-0.3, -0.25) is 9.69 Å². The van der Waals surface area contributed by atoms with Crippen LogP contribution in [0.15, 0.2) is 18.2 Å². The molecule has 0 aromatic heterocycles. The molecule has 4 heteroatoms. The Kier molecular flexibility index (Phi) is 5.01. The lowest BCUT2D eigenvalue weighted by atomic mass is 10.1. The number of nitrogen functional groups attached to an aromatic ring is 1. The van der Waals surface area contributed by atoms with Gasteiger partial charge in [-0.25, -0.2) is 0 Å². The van der Waals surface area contributed by atoms with E-state index in [1.54, 1.807) is 0 Å². The molecule has 20 heavy (non-hydrogen) atoms. The van der Waals surface area contributed by atoms with Crippen molar-refractivity contribution in [1.29, 1.82) is 0 Å². The highest BCUT2D eigenvalue weighted by Crippen LogP contribution is 2.22. The van der Waals surface area contributed by atoms with Gasteiger partial charge in [-0.15, -0.1) is 0 Å². The Labute approximate surface area is 121 Å². The van der Waals surface area contributed by atoms with Crippen LogP contribution in [0.3, 0.4) is 0 Å². The summed E-state index contributed by atoms with van der Waals surface area (Å²) in [7, 11) is 0. The minimum Gasteiger partial charge on any atom is -0.398 e. The molecule has 110 valence electrons. The second-order valence-corrected chi connectivity index (χ2v) is 5.56. The SMILES string of the molecule is CCC1CCCN1CCC(=O)Nc1cccc(N)c1C. The molecular formula is C16H25N3O. The number of anilines is 2. The van der Waals surface area contributed by atoms with Crippen LogP contribution in [-0.4, -0.2) is 29.9 Å². The van der Waals surface area contributed by atoms with Crippen LogP contribution >= 0.6 is 0 Å². The number of nitrogens with zero attached hydrogens (tertiary/aromatic N) is 1. The van der Waals surface area contributed by atoms with Crippen LogP contribution in [0.1, 0.15) is 38.2 Å². The van der Waals surface area contributed by atoms with Crippen LogP contribution in [-0.2, 0) is 4.79 Å². The van der Waals surface area contributed by atoms with E-state index in [4.69, 9.17) is 5.73 Å². The van der Waals surface area contributed by atoms with E-state index in [0.29, 0.717) is 18.2 Å². The van der Waals surface area contributed by atoms with E-state index in [1.165, 1.54) is 19.3 Å². The van der Waals surface area contributed by atoms with Gasteiger partial charge in [0, 0.05) is 30.4 Å². The number of amides is 1. The molecule has 3 N–H and O–H groups in total. The summed E-state index contributed by atoms with van der Waals surface area (Å²) < 4.78 is 0. The Morgan fingerprint density at radius 3 is 3.05 bits per heavy atom. The lowest BCUT2D eigenvalue weighted by Crippen LogP contribution is -2.32. The summed E-state index contributed by atoms with van der Waals surface area (Å²) in [6, 6.07) is 6.28. The maximum Gasteiger partial charge on any atom is 0.225 e. The molecule has 0 bridgehead atoms. The van der Waals surface area contributed by atoms with Gasteiger partial charge in [-0.05, 0) is 50.4 Å². The third kappa shape index (κ3) is 3.51. The number of carbonyl (C=O) groups is 1. The number of benzene rings is 1. The molecule has 1 saturated heterocycles. The van der Waals surface area contributed by atoms with Crippen LogP contribution in [0, 0.1) is 6.92 Å². The summed E-state index contributed by atoms with van der Waals surface area (Å²) in [5.74, 6) is 0.0699. The fourth-order valence-electron chi connectivity index (χ4n) is 2.90. The van der Waals surface area contributed by atoms with Crippen molar-refractivity contribution in [3.63, 3.8) is 0 Å². The molecule has 0 saturated carbocycles. The maximum absolute atomic E-state index is 12.0. The lowest BCUT2D eigenvalue weighted by Gasteiger charge is -2.22. The zero-order valence-electron chi connectivity index (χ0n) is 12.5. The average Bonchev–Trinajstić information content (AvgIpc) is 2.89. The Hall–Kier alpha value is -1.55. The minimum absolute atomic E-state index is 0.0699. The standard InChI is InChI=1S/C16H25N3O/c1-3-13-6-5-10-19(13)11-9-16(20)18-15-8-4-7-14(17)12(15)2/h4,7-8,13H,3,5-6,9-11,17H2,1-2H3,(H,18,20). The maximum atomic E-state index is 12.0. The summed E-state index contributed by atoms with van der Waals surface area (Å²) >= 11 is 0. The highest BCUT2D eigenvalue weighted by Gasteiger charge is 2.22. The van der Waals surface area contributed by atoms with Gasteiger partial charge < -0.3 is 11.1 Å². The van der Waals surface area contributed by atoms with Gasteiger partial charge in [-0.1, -0.05) is 13.0 Å². The molecule has 4 nitrogen and oxygen atoms in total. The van der Waals surface area contributed by atoms with Crippen LogP contribution in [0.4, 0.5) is 11.4 Å². The number of nitrogens with one attached hydrogen (secondary N) is 1. The quantitative estimate of drug-likeness (QED) is 0.812. The van der Waals surface area contributed by atoms with Crippen LogP contribution < -0.4 is 11.1 Å². The number of hydrogen-bond acceptors (Lipinski definition) is 3. The number of likely N-dealkylation sites (tertiary alicyclic amines) is 1. The summed E-state index contributed by atoms with van der Waals surface area (Å²) in [4.78, 5) is 14.5. The van der Waals surface area contributed by atoms with E-state index in [1.807, 2.05) is 25.1 Å². The molecule has 0 spiro atoms. The van der Waals surface area contributed by atoms with Gasteiger partial charge >= 0.3 is 0 Å². The smallest absolute Gasteiger partial charge is 0.225 e. The second-order valence-electron chi connectivity index (χ2n) is 5.56. The summed E-state index contributed by atoms with van der Waals surface area (Å²) in [6.45, 7) is 6.13. The van der Waals surface area contributed by atoms with Gasteiger partial charge in [0.2, 0.25) is 5.91 Å². The van der Waals surface area contributed by atoms with Crippen molar-refractivity contribution >= 4 is 17.3 Å². The monoisotopic (exact) mass is 275 g/mol. The van der Waals surface area contributed by atoms with Crippen molar-refractivity contribution in [3.05, 3.63) is 23.8 Å². The third-order valence-corrected chi connectivity index (χ3v) is 4.25. The molecular weight excluding hydrogens is 250 g/mol. The molecule has 1 heterocycles. The first-order valence-electron chi connectivity index (χ1n) is 7.50. The molecule has 2 rings (SSSR count). The van der Waals surface area contributed by atoms with Gasteiger partial charge in [0.05, 0.1) is 0 Å². The van der Waals surface area contributed by atoms with E-state index in [2.05, 4.69) is 17.1 Å². The number of hydrogen-bond donors (Lipinski definition) is 2. The van der Waals surface area contributed by atoms with Gasteiger partial charge in [0.25, 0.3) is 0 Å². The Balaban J connectivity index is 1.85. The molecule has 0 aliphatic carbocycles. The van der Waals surface area contributed by atoms with E-state index < -0.39 is 0 Å². The highest BCUT2D eigenvalue weighted by atomic mass is 16.1. The van der Waals surface area contributed by atoms with Crippen LogP contribution in [0.25, 0.3) is 0 Å². The van der Waals surface area contributed by atoms with Crippen molar-refractivity contribution in [1.82, 2.24) is 4.90 Å². The largest absolute Gasteiger partial charge is 0.398 e. The van der Waals surface area contributed by atoms with E-state index in [9.17, 15) is 4.79 Å². The molecule has 1 unspecified atom stereocenters. The Bertz CT molecular complexity index is 473. The molecule has 0 radical (unpaired) electrons. The normalized spacial score (nSPS) is 19.2. The van der Waals surface area contributed by atoms with E-state index in [-0.39, 0.29) is 5.91 Å². The molecule has 1 fully saturated rings. The van der Waals surface area contributed by atoms with Gasteiger partial charge in [0.1, 0.15) is 0 Å². The van der Waals surface area contributed by atoms with Crippen LogP contribution in [0.2, 0.25) is 0 Å². The van der Waals surface area contributed by atoms with Crippen LogP contribution in [0.5, 0.6) is 0 Å². The second kappa shape index (κ2) is 6.75. The van der Waals surface area contributed by atoms with Crippen molar-refractivity contribution in [2.45, 2.75) is 45.6 Å². The highest BCUT2D eigenvalue weighted by molar-refractivity contribution is 5.92. The molecule has 1 aromatic rings. The first-order valence-corrected chi connectivity index (χ1v) is 7.50. The lowest BCUT2D eigenvalue weighted by molar-refractivity contribution is -0.116. The summed E-state index contributed by atoms with van der Waals surface area (Å²) in [5, 5.41) is 2.96. The molecule has 1 aliphatic rings. The Morgan fingerprint density at radius 1 is 1.50 bits per heavy atom. The predicted octanol–water partition coefficient (Wildman–Crippen LogP) is 2.78.